The first-order valence-electron chi connectivity index (χ1n) is 14.1. The van der Waals surface area contributed by atoms with Gasteiger partial charge in [-0.15, -0.1) is 0 Å². The highest BCUT2D eigenvalue weighted by molar-refractivity contribution is 6.35. The summed E-state index contributed by atoms with van der Waals surface area (Å²) in [6.07, 6.45) is 1.78. The van der Waals surface area contributed by atoms with E-state index in [0.29, 0.717) is 11.4 Å². The zero-order valence-electron chi connectivity index (χ0n) is 23.1. The second-order valence-electron chi connectivity index (χ2n) is 11.7. The molecule has 1 spiro atoms. The van der Waals surface area contributed by atoms with Gasteiger partial charge in [-0.3, -0.25) is 19.2 Å². The summed E-state index contributed by atoms with van der Waals surface area (Å²) in [6, 6.07) is 29.6. The predicted molar refractivity (Wildman–Crippen MR) is 159 cm³/mol. The lowest BCUT2D eigenvalue weighted by molar-refractivity contribution is -0.135. The maximum absolute atomic E-state index is 15.2. The Morgan fingerprint density at radius 3 is 1.81 bits per heavy atom. The molecule has 2 heterocycles. The third-order valence-electron chi connectivity index (χ3n) is 9.46. The summed E-state index contributed by atoms with van der Waals surface area (Å²) in [7, 11) is 0. The van der Waals surface area contributed by atoms with Gasteiger partial charge in [-0.2, -0.15) is 0 Å². The fraction of sp³-hybridized carbons (Fsp3) is 0.167. The van der Waals surface area contributed by atoms with Crippen molar-refractivity contribution in [2.45, 2.75) is 25.7 Å². The number of para-hydroxylation sites is 2. The Bertz CT molecular complexity index is 1910. The number of fused-ring (bicyclic) bond motifs is 6. The Kier molecular flexibility index (Phi) is 4.97. The smallest absolute Gasteiger partial charge is 0.261 e. The van der Waals surface area contributed by atoms with Gasteiger partial charge in [0.2, 0.25) is 17.7 Å². The molecule has 6 nitrogen and oxygen atoms in total. The van der Waals surface area contributed by atoms with Crippen molar-refractivity contribution in [2.24, 2.45) is 11.3 Å². The van der Waals surface area contributed by atoms with Gasteiger partial charge in [-0.25, -0.2) is 9.80 Å². The van der Waals surface area contributed by atoms with Crippen LogP contribution in [0.1, 0.15) is 45.2 Å². The van der Waals surface area contributed by atoms with E-state index >= 15 is 4.79 Å². The van der Waals surface area contributed by atoms with E-state index in [4.69, 9.17) is 0 Å². The molecule has 4 atom stereocenters. The molecular weight excluding hydrogens is 524 g/mol. The van der Waals surface area contributed by atoms with E-state index < -0.39 is 40.9 Å². The fourth-order valence-electron chi connectivity index (χ4n) is 7.88. The van der Waals surface area contributed by atoms with Crippen molar-refractivity contribution in [3.8, 4) is 0 Å². The fourth-order valence-corrected chi connectivity index (χ4v) is 7.88. The van der Waals surface area contributed by atoms with E-state index in [-0.39, 0.29) is 11.5 Å². The maximum Gasteiger partial charge on any atom is 0.261 e. The van der Waals surface area contributed by atoms with Gasteiger partial charge in [0.05, 0.1) is 28.6 Å². The number of rotatable bonds is 2. The Balaban J connectivity index is 1.49. The molecule has 1 unspecified atom stereocenters. The SMILES string of the molecule is Cc1ccc2c(c1)[C@@H]1c3ccc(C)cc3[C@H]3C(=O)N(c4ccccc4)C(=O)[C@@]13C1C(=O)N(c3ccccc3)C(=O)C1=C2. The molecule has 0 N–H and O–H groups in total. The molecule has 2 saturated heterocycles. The molecule has 204 valence electrons. The molecule has 6 heteroatoms. The first-order valence-corrected chi connectivity index (χ1v) is 14.1. The number of amides is 4. The number of carbonyl (C=O) groups is 4. The first-order chi connectivity index (χ1) is 20.3. The van der Waals surface area contributed by atoms with Crippen molar-refractivity contribution in [2.75, 3.05) is 9.80 Å². The number of hydrogen-bond donors (Lipinski definition) is 0. The zero-order valence-corrected chi connectivity index (χ0v) is 23.1. The quantitative estimate of drug-likeness (QED) is 0.301. The van der Waals surface area contributed by atoms with Gasteiger partial charge in [0.25, 0.3) is 5.91 Å². The highest BCUT2D eigenvalue weighted by Gasteiger charge is 2.76. The minimum atomic E-state index is -1.55. The van der Waals surface area contributed by atoms with Crippen LogP contribution in [0.4, 0.5) is 11.4 Å². The van der Waals surface area contributed by atoms with Crippen molar-refractivity contribution in [3.05, 3.63) is 136 Å². The van der Waals surface area contributed by atoms with Gasteiger partial charge in [0, 0.05) is 11.5 Å². The number of imide groups is 2. The molecule has 0 aromatic heterocycles. The van der Waals surface area contributed by atoms with E-state index in [0.717, 1.165) is 33.4 Å². The summed E-state index contributed by atoms with van der Waals surface area (Å²) in [5.74, 6) is -4.43. The minimum Gasteiger partial charge on any atom is -0.273 e. The lowest BCUT2D eigenvalue weighted by Crippen LogP contribution is -2.48. The molecule has 0 radical (unpaired) electrons. The monoisotopic (exact) mass is 550 g/mol. The molecule has 2 aliphatic carbocycles. The highest BCUT2D eigenvalue weighted by Crippen LogP contribution is 2.69. The standard InChI is InChI=1S/C36H26N2O4/c1-20-13-15-22-19-28-31(33(40)37(32(28)39)23-9-5-3-6-10-23)36-29(26(22)17-20)25-16-14-21(2)18-27(25)30(36)34(41)38(35(36)42)24-11-7-4-8-12-24/h3-19,29-31H,1-2H3/t29-,30-,31?,36-/m0/s1. The van der Waals surface area contributed by atoms with Gasteiger partial charge >= 0.3 is 0 Å². The maximum atomic E-state index is 15.2. The van der Waals surface area contributed by atoms with Crippen molar-refractivity contribution in [1.82, 2.24) is 0 Å². The Hall–Kier alpha value is -5.10. The van der Waals surface area contributed by atoms with Crippen LogP contribution in [-0.2, 0) is 19.2 Å². The number of carbonyl (C=O) groups excluding carboxylic acids is 4. The van der Waals surface area contributed by atoms with Gasteiger partial charge in [-0.1, -0.05) is 83.9 Å². The Labute approximate surface area is 242 Å². The van der Waals surface area contributed by atoms with Gasteiger partial charge in [-0.05, 0) is 66.4 Å². The molecule has 4 aromatic rings. The summed E-state index contributed by atoms with van der Waals surface area (Å²) in [6.45, 7) is 3.95. The molecule has 2 fully saturated rings. The van der Waals surface area contributed by atoms with Gasteiger partial charge in [0.15, 0.2) is 0 Å². The average Bonchev–Trinajstić information content (AvgIpc) is 3.46. The van der Waals surface area contributed by atoms with Gasteiger partial charge in [0.1, 0.15) is 0 Å². The number of hydrogen-bond acceptors (Lipinski definition) is 4. The third-order valence-corrected chi connectivity index (χ3v) is 9.46. The minimum absolute atomic E-state index is 0.252. The zero-order chi connectivity index (χ0) is 28.9. The molecule has 42 heavy (non-hydrogen) atoms. The van der Waals surface area contributed by atoms with Crippen LogP contribution >= 0.6 is 0 Å². The van der Waals surface area contributed by atoms with Crippen LogP contribution in [0.25, 0.3) is 6.08 Å². The summed E-state index contributed by atoms with van der Waals surface area (Å²) >= 11 is 0. The topological polar surface area (TPSA) is 74.8 Å². The first kappa shape index (κ1) is 24.7. The molecular formula is C36H26N2O4. The van der Waals surface area contributed by atoms with Crippen molar-refractivity contribution < 1.29 is 19.2 Å². The predicted octanol–water partition coefficient (Wildman–Crippen LogP) is 5.68. The number of nitrogens with zero attached hydrogens (tertiary/aromatic N) is 2. The van der Waals surface area contributed by atoms with Crippen LogP contribution in [0.5, 0.6) is 0 Å². The van der Waals surface area contributed by atoms with Crippen LogP contribution in [0, 0.1) is 25.2 Å². The molecule has 0 saturated carbocycles. The number of benzene rings is 4. The second-order valence-corrected chi connectivity index (χ2v) is 11.7. The van der Waals surface area contributed by atoms with Crippen molar-refractivity contribution >= 4 is 41.1 Å². The largest absolute Gasteiger partial charge is 0.273 e. The van der Waals surface area contributed by atoms with E-state index in [1.165, 1.54) is 9.80 Å². The van der Waals surface area contributed by atoms with Crippen LogP contribution < -0.4 is 9.80 Å². The molecule has 4 aliphatic rings. The molecule has 4 amide bonds. The Morgan fingerprint density at radius 2 is 1.14 bits per heavy atom. The second kappa shape index (κ2) is 8.46. The third kappa shape index (κ3) is 2.93. The van der Waals surface area contributed by atoms with E-state index in [1.807, 2.05) is 62.4 Å². The summed E-state index contributed by atoms with van der Waals surface area (Å²) in [4.78, 5) is 61.2. The molecule has 4 aromatic carbocycles. The lowest BCUT2D eigenvalue weighted by Gasteiger charge is -2.37. The van der Waals surface area contributed by atoms with E-state index in [1.54, 1.807) is 54.6 Å². The number of aryl methyl sites for hydroxylation is 2. The van der Waals surface area contributed by atoms with Crippen LogP contribution in [0.2, 0.25) is 0 Å². The van der Waals surface area contributed by atoms with Gasteiger partial charge < -0.3 is 0 Å². The lowest BCUT2D eigenvalue weighted by atomic mass is 9.60. The summed E-state index contributed by atoms with van der Waals surface area (Å²) in [5.41, 5.74) is 4.80. The molecule has 2 aliphatic heterocycles. The van der Waals surface area contributed by atoms with E-state index in [9.17, 15) is 14.4 Å². The summed E-state index contributed by atoms with van der Waals surface area (Å²) < 4.78 is 0. The normalized spacial score (nSPS) is 25.5. The van der Waals surface area contributed by atoms with E-state index in [2.05, 4.69) is 0 Å². The molecule has 0 bridgehead atoms. The average molecular weight is 551 g/mol. The number of anilines is 2. The summed E-state index contributed by atoms with van der Waals surface area (Å²) in [5, 5.41) is 0. The highest BCUT2D eigenvalue weighted by atomic mass is 16.2. The van der Waals surface area contributed by atoms with Crippen LogP contribution in [-0.4, -0.2) is 23.6 Å². The van der Waals surface area contributed by atoms with Crippen LogP contribution in [0.15, 0.2) is 103 Å². The molecule has 8 rings (SSSR count). The Morgan fingerprint density at radius 1 is 0.571 bits per heavy atom. The van der Waals surface area contributed by atoms with Crippen molar-refractivity contribution in [3.63, 3.8) is 0 Å². The van der Waals surface area contributed by atoms with Crippen molar-refractivity contribution in [1.29, 1.82) is 0 Å². The van der Waals surface area contributed by atoms with Crippen LogP contribution in [0.3, 0.4) is 0 Å².